The van der Waals surface area contributed by atoms with E-state index < -0.39 is 36.2 Å². The van der Waals surface area contributed by atoms with Gasteiger partial charge in [-0.3, -0.25) is 4.79 Å². The maximum Gasteiger partial charge on any atom is 0.451 e. The van der Waals surface area contributed by atoms with Crippen molar-refractivity contribution in [2.24, 2.45) is 5.73 Å². The summed E-state index contributed by atoms with van der Waals surface area (Å²) in [5.41, 5.74) is 3.32. The van der Waals surface area contributed by atoms with Crippen LogP contribution in [-0.4, -0.2) is 52.3 Å². The fourth-order valence-corrected chi connectivity index (χ4v) is 2.78. The van der Waals surface area contributed by atoms with Crippen LogP contribution in [0.4, 0.5) is 17.6 Å². The molecular formula is C17H25BF4N2O4. The molecule has 0 spiro atoms. The molecule has 11 heteroatoms. The van der Waals surface area contributed by atoms with E-state index in [1.807, 2.05) is 0 Å². The molecule has 0 fully saturated rings. The van der Waals surface area contributed by atoms with E-state index in [-0.39, 0.29) is 37.8 Å². The van der Waals surface area contributed by atoms with Gasteiger partial charge in [-0.1, -0.05) is 18.9 Å². The quantitative estimate of drug-likeness (QED) is 0.254. The average molecular weight is 408 g/mol. The third-order valence-corrected chi connectivity index (χ3v) is 4.49. The Kier molecular flexibility index (Phi) is 8.87. The highest BCUT2D eigenvalue weighted by Gasteiger charge is 2.35. The minimum absolute atomic E-state index is 0.0494. The molecule has 0 aromatic heterocycles. The first kappa shape index (κ1) is 24.4. The first-order valence-corrected chi connectivity index (χ1v) is 8.78. The second-order valence-electron chi connectivity index (χ2n) is 6.99. The third kappa shape index (κ3) is 7.74. The van der Waals surface area contributed by atoms with Gasteiger partial charge in [0, 0.05) is 13.1 Å². The van der Waals surface area contributed by atoms with Crippen LogP contribution in [0, 0.1) is 5.82 Å². The molecule has 0 aliphatic carbocycles. The molecule has 6 nitrogen and oxygen atoms in total. The molecule has 0 saturated carbocycles. The molecule has 1 rings (SSSR count). The Labute approximate surface area is 161 Å². The second-order valence-corrected chi connectivity index (χ2v) is 6.99. The summed E-state index contributed by atoms with van der Waals surface area (Å²) in [6, 6.07) is 2.74. The molecule has 5 N–H and O–H groups in total. The van der Waals surface area contributed by atoms with Crippen molar-refractivity contribution in [3.05, 3.63) is 35.1 Å². The van der Waals surface area contributed by atoms with E-state index in [0.717, 1.165) is 12.1 Å². The van der Waals surface area contributed by atoms with Gasteiger partial charge in [-0.25, -0.2) is 4.39 Å². The number of nitrogens with two attached hydrogens (primary N) is 1. The summed E-state index contributed by atoms with van der Waals surface area (Å²) < 4.78 is 51.7. The Morgan fingerprint density at radius 3 is 2.39 bits per heavy atom. The zero-order chi connectivity index (χ0) is 21.5. The lowest BCUT2D eigenvalue weighted by molar-refractivity contribution is -0.144. The minimum Gasteiger partial charge on any atom is -0.480 e. The molecule has 0 radical (unpaired) electrons. The van der Waals surface area contributed by atoms with E-state index in [4.69, 9.17) is 15.8 Å². The standard InChI is InChI=1S/C17H25BF4N2O4/c1-24(11-12-4-5-14(19)13(10-12)17(20,21)22)9-7-16(23,15(25)26)6-2-3-8-18(27)28/h4-5,10,27-28H,2-3,6-9,11,23H2,1H3,(H,25,26). The summed E-state index contributed by atoms with van der Waals surface area (Å²) >= 11 is 0. The van der Waals surface area contributed by atoms with Crippen LogP contribution in [0.3, 0.4) is 0 Å². The fourth-order valence-electron chi connectivity index (χ4n) is 2.78. The highest BCUT2D eigenvalue weighted by Crippen LogP contribution is 2.32. The second kappa shape index (κ2) is 10.2. The number of hydrogen-bond donors (Lipinski definition) is 4. The summed E-state index contributed by atoms with van der Waals surface area (Å²) in [6.45, 7) is 0.264. The number of benzene rings is 1. The Balaban J connectivity index is 2.66. The van der Waals surface area contributed by atoms with Crippen LogP contribution in [0.5, 0.6) is 0 Å². The monoisotopic (exact) mass is 408 g/mol. The SMILES string of the molecule is CN(CCC(N)(CCCCB(O)O)C(=O)O)Cc1ccc(F)c(C(F)(F)F)c1. The van der Waals surface area contributed by atoms with Gasteiger partial charge in [0.05, 0.1) is 5.56 Å². The topological polar surface area (TPSA) is 107 Å². The van der Waals surface area contributed by atoms with E-state index in [0.29, 0.717) is 12.8 Å². The molecule has 1 aromatic carbocycles. The summed E-state index contributed by atoms with van der Waals surface area (Å²) in [5, 5.41) is 27.0. The Morgan fingerprint density at radius 1 is 1.21 bits per heavy atom. The van der Waals surface area contributed by atoms with Crippen molar-refractivity contribution in [1.82, 2.24) is 4.90 Å². The number of rotatable bonds is 11. The van der Waals surface area contributed by atoms with Crippen molar-refractivity contribution in [3.63, 3.8) is 0 Å². The van der Waals surface area contributed by atoms with Gasteiger partial charge in [0.15, 0.2) is 0 Å². The maximum atomic E-state index is 13.3. The molecule has 0 bridgehead atoms. The molecule has 0 amide bonds. The number of carboxylic acid groups (broad SMARTS) is 1. The number of nitrogens with zero attached hydrogens (tertiary/aromatic N) is 1. The average Bonchev–Trinajstić information content (AvgIpc) is 2.57. The largest absolute Gasteiger partial charge is 0.480 e. The predicted molar refractivity (Wildman–Crippen MR) is 95.8 cm³/mol. The first-order valence-electron chi connectivity index (χ1n) is 8.78. The van der Waals surface area contributed by atoms with E-state index in [9.17, 15) is 27.5 Å². The zero-order valence-corrected chi connectivity index (χ0v) is 15.5. The Morgan fingerprint density at radius 2 is 1.86 bits per heavy atom. The zero-order valence-electron chi connectivity index (χ0n) is 15.5. The summed E-state index contributed by atoms with van der Waals surface area (Å²) in [6.07, 6.45) is -3.73. The first-order chi connectivity index (χ1) is 12.8. The van der Waals surface area contributed by atoms with Crippen LogP contribution < -0.4 is 5.73 Å². The van der Waals surface area contributed by atoms with Crippen LogP contribution >= 0.6 is 0 Å². The lowest BCUT2D eigenvalue weighted by Crippen LogP contribution is -2.49. The fraction of sp³-hybridized carbons (Fsp3) is 0.588. The van der Waals surface area contributed by atoms with Gasteiger partial charge in [0.1, 0.15) is 11.4 Å². The summed E-state index contributed by atoms with van der Waals surface area (Å²) in [5.74, 6) is -2.55. The number of carbonyl (C=O) groups is 1. The molecule has 28 heavy (non-hydrogen) atoms. The van der Waals surface area contributed by atoms with Crippen molar-refractivity contribution in [2.75, 3.05) is 13.6 Å². The van der Waals surface area contributed by atoms with Gasteiger partial charge in [0.2, 0.25) is 0 Å². The van der Waals surface area contributed by atoms with Gasteiger partial charge < -0.3 is 25.8 Å². The van der Waals surface area contributed by atoms with E-state index in [1.54, 1.807) is 11.9 Å². The highest BCUT2D eigenvalue weighted by molar-refractivity contribution is 6.40. The highest BCUT2D eigenvalue weighted by atomic mass is 19.4. The van der Waals surface area contributed by atoms with Gasteiger partial charge in [0.25, 0.3) is 0 Å². The third-order valence-electron chi connectivity index (χ3n) is 4.49. The van der Waals surface area contributed by atoms with Crippen molar-refractivity contribution < 1.29 is 37.5 Å². The van der Waals surface area contributed by atoms with E-state index >= 15 is 0 Å². The summed E-state index contributed by atoms with van der Waals surface area (Å²) in [7, 11) is 0.140. The van der Waals surface area contributed by atoms with Gasteiger partial charge >= 0.3 is 19.3 Å². The van der Waals surface area contributed by atoms with Gasteiger partial charge in [-0.05, 0) is 43.9 Å². The minimum atomic E-state index is -4.80. The number of carboxylic acids is 1. The van der Waals surface area contributed by atoms with Crippen LogP contribution in [0.1, 0.15) is 36.8 Å². The van der Waals surface area contributed by atoms with E-state index in [1.165, 1.54) is 6.07 Å². The molecule has 1 unspecified atom stereocenters. The smallest absolute Gasteiger partial charge is 0.451 e. The molecular weight excluding hydrogens is 383 g/mol. The number of unbranched alkanes of at least 4 members (excludes halogenated alkanes) is 1. The number of halogens is 4. The van der Waals surface area contributed by atoms with E-state index in [2.05, 4.69) is 0 Å². The van der Waals surface area contributed by atoms with Crippen LogP contribution in [0.25, 0.3) is 0 Å². The van der Waals surface area contributed by atoms with Crippen LogP contribution in [0.2, 0.25) is 6.32 Å². The van der Waals surface area contributed by atoms with Crippen molar-refractivity contribution in [1.29, 1.82) is 0 Å². The predicted octanol–water partition coefficient (Wildman–Crippen LogP) is 2.09. The van der Waals surface area contributed by atoms with Crippen molar-refractivity contribution in [2.45, 2.75) is 50.3 Å². The lowest BCUT2D eigenvalue weighted by atomic mass is 9.81. The Bertz CT molecular complexity index is 661. The molecule has 0 aliphatic rings. The number of alkyl halides is 3. The maximum absolute atomic E-state index is 13.3. The Hall–Kier alpha value is -1.69. The van der Waals surface area contributed by atoms with Gasteiger partial charge in [-0.2, -0.15) is 13.2 Å². The normalized spacial score (nSPS) is 14.2. The molecule has 158 valence electrons. The van der Waals surface area contributed by atoms with Gasteiger partial charge in [-0.15, -0.1) is 0 Å². The summed E-state index contributed by atoms with van der Waals surface area (Å²) in [4.78, 5) is 13.1. The van der Waals surface area contributed by atoms with Crippen molar-refractivity contribution in [3.8, 4) is 0 Å². The van der Waals surface area contributed by atoms with Crippen molar-refractivity contribution >= 4 is 13.1 Å². The molecule has 0 aliphatic heterocycles. The number of aliphatic carboxylic acids is 1. The number of hydrogen-bond acceptors (Lipinski definition) is 5. The molecule has 1 atom stereocenters. The molecule has 0 heterocycles. The molecule has 0 saturated heterocycles. The molecule has 1 aromatic rings. The lowest BCUT2D eigenvalue weighted by Gasteiger charge is -2.27. The van der Waals surface area contributed by atoms with Crippen LogP contribution in [-0.2, 0) is 17.5 Å². The van der Waals surface area contributed by atoms with Crippen LogP contribution in [0.15, 0.2) is 18.2 Å².